The molecule has 3 rings (SSSR count). The molecule has 0 aliphatic heterocycles. The Labute approximate surface area is 198 Å². The van der Waals surface area contributed by atoms with Crippen molar-refractivity contribution in [3.8, 4) is 11.5 Å². The fourth-order valence-corrected chi connectivity index (χ4v) is 3.83. The van der Waals surface area contributed by atoms with E-state index in [1.807, 2.05) is 6.92 Å². The van der Waals surface area contributed by atoms with Crippen LogP contribution in [-0.4, -0.2) is 32.3 Å². The summed E-state index contributed by atoms with van der Waals surface area (Å²) in [5, 5.41) is 11.7. The maximum Gasteiger partial charge on any atom is 0.307 e. The summed E-state index contributed by atoms with van der Waals surface area (Å²) in [6.07, 6.45) is -0.419. The number of aryl methyl sites for hydroxylation is 1. The molecule has 1 unspecified atom stereocenters. The van der Waals surface area contributed by atoms with E-state index in [9.17, 15) is 22.7 Å². The molecule has 0 saturated carbocycles. The lowest BCUT2D eigenvalue weighted by molar-refractivity contribution is -0.136. The number of carbonyl (C=O) groups excluding carboxylic acids is 1. The van der Waals surface area contributed by atoms with E-state index in [-0.39, 0.29) is 28.3 Å². The van der Waals surface area contributed by atoms with Crippen LogP contribution in [0, 0.1) is 12.7 Å². The highest BCUT2D eigenvalue weighted by molar-refractivity contribution is 7.81. The highest BCUT2D eigenvalue weighted by Crippen LogP contribution is 2.38. The summed E-state index contributed by atoms with van der Waals surface area (Å²) in [5.74, 6) is -2.27. The van der Waals surface area contributed by atoms with Gasteiger partial charge in [-0.05, 0) is 61.9 Å². The molecule has 3 aromatic carbocycles. The van der Waals surface area contributed by atoms with Crippen LogP contribution in [0.25, 0.3) is 0 Å². The minimum absolute atomic E-state index is 0.0182. The van der Waals surface area contributed by atoms with Crippen molar-refractivity contribution in [2.45, 2.75) is 20.3 Å². The van der Waals surface area contributed by atoms with Crippen LogP contribution in [-0.2, 0) is 22.5 Å². The van der Waals surface area contributed by atoms with E-state index < -0.39 is 35.4 Å². The van der Waals surface area contributed by atoms with Gasteiger partial charge in [0.05, 0.1) is 29.1 Å². The molecule has 0 aliphatic carbocycles. The normalized spacial score (nSPS) is 11.5. The number of carboxylic acid groups (broad SMARTS) is 1. The molecule has 0 radical (unpaired) electrons. The van der Waals surface area contributed by atoms with E-state index in [0.29, 0.717) is 12.2 Å². The van der Waals surface area contributed by atoms with Gasteiger partial charge in [-0.15, -0.1) is 0 Å². The first kappa shape index (κ1) is 24.9. The lowest BCUT2D eigenvalue weighted by atomic mass is 10.1. The molecule has 0 heterocycles. The first-order valence-electron chi connectivity index (χ1n) is 10.3. The largest absolute Gasteiger partial charge is 0.755 e. The summed E-state index contributed by atoms with van der Waals surface area (Å²) in [6, 6.07) is 14.3. The molecule has 178 valence electrons. The standard InChI is InChI=1S/C24H23FN2O6S/c1-3-26-24(30)17-6-9-22(33-20-11-16(12-23(28)29)10-18(25)14-20)21(13-17)27(34(31)32)19-7-4-15(2)5-8-19/h4-11,13-14H,3,12H2,1-2H3,(H,26,30)(H,28,29)(H,31,32)/p-1. The summed E-state index contributed by atoms with van der Waals surface area (Å²) in [6.45, 7) is 3.97. The number of hydrogen-bond acceptors (Lipinski definition) is 5. The van der Waals surface area contributed by atoms with E-state index in [1.165, 1.54) is 24.3 Å². The molecule has 0 spiro atoms. The second-order valence-corrected chi connectivity index (χ2v) is 8.16. The van der Waals surface area contributed by atoms with Crippen molar-refractivity contribution >= 4 is 34.5 Å². The Kier molecular flexibility index (Phi) is 7.98. The van der Waals surface area contributed by atoms with Gasteiger partial charge >= 0.3 is 5.97 Å². The molecule has 0 aromatic heterocycles. The Bertz CT molecular complexity index is 1230. The molecule has 3 aromatic rings. The van der Waals surface area contributed by atoms with Crippen molar-refractivity contribution in [2.24, 2.45) is 0 Å². The van der Waals surface area contributed by atoms with Gasteiger partial charge in [-0.25, -0.2) is 4.39 Å². The van der Waals surface area contributed by atoms with Crippen LogP contribution >= 0.6 is 0 Å². The van der Waals surface area contributed by atoms with Crippen molar-refractivity contribution in [1.29, 1.82) is 0 Å². The number of nitrogens with one attached hydrogen (secondary N) is 1. The van der Waals surface area contributed by atoms with Crippen molar-refractivity contribution in [3.63, 3.8) is 0 Å². The maximum absolute atomic E-state index is 14.1. The molecule has 10 heteroatoms. The number of nitrogens with zero attached hydrogens (tertiary/aromatic N) is 1. The second-order valence-electron chi connectivity index (χ2n) is 7.36. The Morgan fingerprint density at radius 3 is 2.44 bits per heavy atom. The van der Waals surface area contributed by atoms with Gasteiger partial charge in [0.15, 0.2) is 5.75 Å². The Hall–Kier alpha value is -3.76. The van der Waals surface area contributed by atoms with E-state index in [0.717, 1.165) is 22.0 Å². The smallest absolute Gasteiger partial charge is 0.307 e. The SMILES string of the molecule is CCNC(=O)c1ccc(Oc2cc(F)cc(CC(=O)O)c2)c(N(c2ccc(C)cc2)S(=O)[O-])c1. The number of carboxylic acids is 1. The highest BCUT2D eigenvalue weighted by Gasteiger charge is 2.20. The van der Waals surface area contributed by atoms with Crippen molar-refractivity contribution < 1.29 is 32.6 Å². The molecule has 0 saturated heterocycles. The predicted molar refractivity (Wildman–Crippen MR) is 125 cm³/mol. The maximum atomic E-state index is 14.1. The van der Waals surface area contributed by atoms with Crippen LogP contribution in [0.3, 0.4) is 0 Å². The highest BCUT2D eigenvalue weighted by atomic mass is 32.2. The molecule has 34 heavy (non-hydrogen) atoms. The van der Waals surface area contributed by atoms with Gasteiger partial charge in [-0.3, -0.25) is 18.1 Å². The number of hydrogen-bond donors (Lipinski definition) is 2. The zero-order valence-electron chi connectivity index (χ0n) is 18.4. The Balaban J connectivity index is 2.12. The van der Waals surface area contributed by atoms with Crippen LogP contribution in [0.15, 0.2) is 60.7 Å². The zero-order chi connectivity index (χ0) is 24.8. The summed E-state index contributed by atoms with van der Waals surface area (Å²) in [4.78, 5) is 23.4. The molecular weight excluding hydrogens is 463 g/mol. The molecule has 0 fully saturated rings. The van der Waals surface area contributed by atoms with Gasteiger partial charge in [-0.1, -0.05) is 17.7 Å². The first-order chi connectivity index (χ1) is 16.2. The molecule has 8 nitrogen and oxygen atoms in total. The van der Waals surface area contributed by atoms with Gasteiger partial charge in [0.1, 0.15) is 11.6 Å². The lowest BCUT2D eigenvalue weighted by Gasteiger charge is -2.28. The Morgan fingerprint density at radius 2 is 1.82 bits per heavy atom. The third-order valence-corrected chi connectivity index (χ3v) is 5.41. The van der Waals surface area contributed by atoms with Gasteiger partial charge < -0.3 is 19.7 Å². The van der Waals surface area contributed by atoms with Crippen molar-refractivity contribution in [3.05, 3.63) is 83.2 Å². The van der Waals surface area contributed by atoms with Gasteiger partial charge in [0, 0.05) is 18.2 Å². The number of ether oxygens (including phenoxy) is 1. The average molecular weight is 486 g/mol. The van der Waals surface area contributed by atoms with Crippen LogP contribution in [0.4, 0.5) is 15.8 Å². The molecule has 0 bridgehead atoms. The predicted octanol–water partition coefficient (Wildman–Crippen LogP) is 4.24. The van der Waals surface area contributed by atoms with E-state index in [2.05, 4.69) is 5.32 Å². The molecule has 1 amide bonds. The van der Waals surface area contributed by atoms with Gasteiger partial charge in [0.25, 0.3) is 5.91 Å². The molecule has 2 N–H and O–H groups in total. The summed E-state index contributed by atoms with van der Waals surface area (Å²) in [5.41, 5.74) is 1.59. The van der Waals surface area contributed by atoms with Crippen LogP contribution in [0.2, 0.25) is 0 Å². The second kappa shape index (κ2) is 10.9. The van der Waals surface area contributed by atoms with Gasteiger partial charge in [0.2, 0.25) is 0 Å². The van der Waals surface area contributed by atoms with Crippen molar-refractivity contribution in [1.82, 2.24) is 5.32 Å². The topological polar surface area (TPSA) is 119 Å². The van der Waals surface area contributed by atoms with E-state index >= 15 is 0 Å². The fourth-order valence-electron chi connectivity index (χ4n) is 3.24. The summed E-state index contributed by atoms with van der Waals surface area (Å²) < 4.78 is 45.4. The molecule has 1 atom stereocenters. The average Bonchev–Trinajstić information content (AvgIpc) is 2.75. The number of anilines is 2. The zero-order valence-corrected chi connectivity index (χ0v) is 19.2. The number of carbonyl (C=O) groups is 2. The summed E-state index contributed by atoms with van der Waals surface area (Å²) in [7, 11) is 0. The lowest BCUT2D eigenvalue weighted by Crippen LogP contribution is -2.24. The monoisotopic (exact) mass is 485 g/mol. The number of rotatable bonds is 9. The van der Waals surface area contributed by atoms with Gasteiger partial charge in [-0.2, -0.15) is 0 Å². The van der Waals surface area contributed by atoms with E-state index in [1.54, 1.807) is 31.2 Å². The molecule has 0 aliphatic rings. The minimum atomic E-state index is -2.80. The number of aliphatic carboxylic acids is 1. The third-order valence-electron chi connectivity index (χ3n) is 4.71. The van der Waals surface area contributed by atoms with Crippen LogP contribution in [0.5, 0.6) is 11.5 Å². The van der Waals surface area contributed by atoms with Crippen LogP contribution < -0.4 is 14.4 Å². The first-order valence-corrected chi connectivity index (χ1v) is 11.3. The van der Waals surface area contributed by atoms with Crippen molar-refractivity contribution in [2.75, 3.05) is 10.8 Å². The number of halogens is 1. The number of amides is 1. The fraction of sp³-hybridized carbons (Fsp3) is 0.167. The van der Waals surface area contributed by atoms with Crippen LogP contribution in [0.1, 0.15) is 28.4 Å². The number of benzene rings is 3. The third kappa shape index (κ3) is 6.18. The quantitative estimate of drug-likeness (QED) is 0.438. The van der Waals surface area contributed by atoms with E-state index in [4.69, 9.17) is 9.84 Å². The molecular formula is C24H22FN2O6S-. The minimum Gasteiger partial charge on any atom is -0.755 e. The Morgan fingerprint density at radius 1 is 1.12 bits per heavy atom. The summed E-state index contributed by atoms with van der Waals surface area (Å²) >= 11 is -2.80.